The highest BCUT2D eigenvalue weighted by molar-refractivity contribution is 5.92. The highest BCUT2D eigenvalue weighted by Gasteiger charge is 2.37. The predicted molar refractivity (Wildman–Crippen MR) is 120 cm³/mol. The fourth-order valence-electron chi connectivity index (χ4n) is 4.64. The first kappa shape index (κ1) is 21.4. The van der Waals surface area contributed by atoms with E-state index in [0.29, 0.717) is 38.5 Å². The summed E-state index contributed by atoms with van der Waals surface area (Å²) >= 11 is 0. The molecule has 9 nitrogen and oxygen atoms in total. The number of hydrogen-bond acceptors (Lipinski definition) is 5. The maximum atomic E-state index is 13.5. The molecule has 1 N–H and O–H groups in total. The minimum Gasteiger partial charge on any atom is -0.381 e. The van der Waals surface area contributed by atoms with Crippen LogP contribution in [0.4, 0.5) is 0 Å². The molecule has 3 aromatic rings. The third kappa shape index (κ3) is 4.41. The molecule has 5 rings (SSSR count). The number of fused-ring (bicyclic) bond motifs is 1. The molecule has 0 radical (unpaired) electrons. The van der Waals surface area contributed by atoms with E-state index in [-0.39, 0.29) is 23.8 Å². The highest BCUT2D eigenvalue weighted by Crippen LogP contribution is 2.34. The normalized spacial score (nSPS) is 18.7. The molecule has 2 aliphatic heterocycles. The van der Waals surface area contributed by atoms with Crippen molar-refractivity contribution in [3.8, 4) is 0 Å². The van der Waals surface area contributed by atoms with Gasteiger partial charge in [-0.1, -0.05) is 30.3 Å². The molecule has 1 unspecified atom stereocenters. The first-order valence-corrected chi connectivity index (χ1v) is 11.4. The molecular weight excluding hydrogens is 420 g/mol. The van der Waals surface area contributed by atoms with E-state index >= 15 is 0 Å². The first-order valence-electron chi connectivity index (χ1n) is 11.4. The van der Waals surface area contributed by atoms with E-state index in [1.54, 1.807) is 17.1 Å². The molecule has 2 amide bonds. The van der Waals surface area contributed by atoms with Crippen LogP contribution in [0, 0.1) is 5.92 Å². The Kier molecular flexibility index (Phi) is 5.95. The number of imidazole rings is 1. The van der Waals surface area contributed by atoms with Gasteiger partial charge in [0.05, 0.1) is 6.20 Å². The molecule has 2 aromatic heterocycles. The number of carbonyl (C=O) groups is 2. The van der Waals surface area contributed by atoms with Crippen LogP contribution in [-0.4, -0.2) is 55.8 Å². The van der Waals surface area contributed by atoms with Crippen LogP contribution >= 0.6 is 0 Å². The number of rotatable bonds is 5. The van der Waals surface area contributed by atoms with Gasteiger partial charge in [0.2, 0.25) is 5.91 Å². The summed E-state index contributed by atoms with van der Waals surface area (Å²) in [6.07, 6.45) is 6.87. The Morgan fingerprint density at radius 2 is 1.91 bits per heavy atom. The second kappa shape index (κ2) is 9.19. The van der Waals surface area contributed by atoms with E-state index in [1.165, 1.54) is 0 Å². The van der Waals surface area contributed by atoms with Crippen LogP contribution in [-0.2, 0) is 29.7 Å². The molecule has 33 heavy (non-hydrogen) atoms. The lowest BCUT2D eigenvalue weighted by Gasteiger charge is -2.38. The maximum Gasteiger partial charge on any atom is 0.271 e. The van der Waals surface area contributed by atoms with E-state index in [1.807, 2.05) is 53.0 Å². The molecule has 0 spiro atoms. The highest BCUT2D eigenvalue weighted by atomic mass is 16.5. The van der Waals surface area contributed by atoms with Gasteiger partial charge in [-0.2, -0.15) is 5.10 Å². The Hall–Kier alpha value is -3.46. The molecule has 2 aliphatic rings. The number of benzene rings is 1. The van der Waals surface area contributed by atoms with Crippen molar-refractivity contribution in [3.63, 3.8) is 0 Å². The van der Waals surface area contributed by atoms with Crippen LogP contribution in [0.5, 0.6) is 0 Å². The molecule has 1 atom stereocenters. The summed E-state index contributed by atoms with van der Waals surface area (Å²) in [5.41, 5.74) is 2.27. The number of nitrogens with one attached hydrogen (secondary N) is 1. The zero-order valence-corrected chi connectivity index (χ0v) is 18.7. The minimum absolute atomic E-state index is 0.0336. The Morgan fingerprint density at radius 1 is 1.12 bits per heavy atom. The predicted octanol–water partition coefficient (Wildman–Crippen LogP) is 1.90. The van der Waals surface area contributed by atoms with Crippen LogP contribution in [0.3, 0.4) is 0 Å². The molecule has 172 valence electrons. The molecule has 0 aliphatic carbocycles. The zero-order valence-electron chi connectivity index (χ0n) is 18.7. The van der Waals surface area contributed by atoms with Gasteiger partial charge in [-0.05, 0) is 18.4 Å². The van der Waals surface area contributed by atoms with Crippen LogP contribution in [0.15, 0.2) is 48.9 Å². The maximum absolute atomic E-state index is 13.5. The van der Waals surface area contributed by atoms with Crippen molar-refractivity contribution in [3.05, 3.63) is 71.6 Å². The molecular formula is C24H28N6O3. The van der Waals surface area contributed by atoms with E-state index in [0.717, 1.165) is 29.8 Å². The lowest BCUT2D eigenvalue weighted by molar-refractivity contribution is -0.141. The quantitative estimate of drug-likeness (QED) is 0.644. The van der Waals surface area contributed by atoms with E-state index < -0.39 is 0 Å². The summed E-state index contributed by atoms with van der Waals surface area (Å²) in [5, 5.41) is 7.04. The second-order valence-corrected chi connectivity index (χ2v) is 8.61. The van der Waals surface area contributed by atoms with Gasteiger partial charge in [0, 0.05) is 63.8 Å². The molecule has 4 heterocycles. The topological polar surface area (TPSA) is 94.3 Å². The van der Waals surface area contributed by atoms with Crippen molar-refractivity contribution in [2.45, 2.75) is 32.0 Å². The average molecular weight is 449 g/mol. The van der Waals surface area contributed by atoms with Crippen molar-refractivity contribution in [1.82, 2.24) is 29.5 Å². The van der Waals surface area contributed by atoms with Gasteiger partial charge in [-0.3, -0.25) is 14.3 Å². The number of ether oxygens (including phenoxy) is 1. The van der Waals surface area contributed by atoms with Gasteiger partial charge < -0.3 is 19.5 Å². The Morgan fingerprint density at radius 3 is 2.64 bits per heavy atom. The largest absolute Gasteiger partial charge is 0.381 e. The molecule has 0 saturated carbocycles. The fraction of sp³-hybridized carbons (Fsp3) is 0.417. The summed E-state index contributed by atoms with van der Waals surface area (Å²) < 4.78 is 9.16. The Bertz CT molecular complexity index is 1130. The number of nitrogens with zero attached hydrogens (tertiary/aromatic N) is 5. The third-order valence-electron chi connectivity index (χ3n) is 6.36. The first-order chi connectivity index (χ1) is 16.1. The van der Waals surface area contributed by atoms with Crippen molar-refractivity contribution in [2.24, 2.45) is 13.0 Å². The minimum atomic E-state index is -0.324. The number of hydrogen-bond donors (Lipinski definition) is 1. The van der Waals surface area contributed by atoms with E-state index in [2.05, 4.69) is 10.4 Å². The van der Waals surface area contributed by atoms with Crippen LogP contribution in [0.25, 0.3) is 0 Å². The van der Waals surface area contributed by atoms with E-state index in [4.69, 9.17) is 9.72 Å². The molecule has 1 aromatic carbocycles. The van der Waals surface area contributed by atoms with Gasteiger partial charge >= 0.3 is 0 Å². The van der Waals surface area contributed by atoms with Gasteiger partial charge in [-0.15, -0.1) is 0 Å². The molecule has 1 saturated heterocycles. The monoisotopic (exact) mass is 448 g/mol. The Balaban J connectivity index is 1.41. The van der Waals surface area contributed by atoms with Crippen LogP contribution < -0.4 is 5.32 Å². The number of aromatic nitrogens is 4. The summed E-state index contributed by atoms with van der Waals surface area (Å²) in [7, 11) is 1.84. The van der Waals surface area contributed by atoms with Crippen molar-refractivity contribution in [2.75, 3.05) is 19.8 Å². The molecule has 0 bridgehead atoms. The van der Waals surface area contributed by atoms with Gasteiger partial charge in [0.1, 0.15) is 17.6 Å². The summed E-state index contributed by atoms with van der Waals surface area (Å²) in [5.74, 6) is 0.590. The number of carbonyl (C=O) groups excluding carboxylic acids is 2. The number of amides is 2. The summed E-state index contributed by atoms with van der Waals surface area (Å²) in [6.45, 7) is 2.81. The lowest BCUT2D eigenvalue weighted by atomic mass is 9.95. The van der Waals surface area contributed by atoms with Crippen LogP contribution in [0.1, 0.15) is 46.3 Å². The SMILES string of the molecule is Cn1cc(CNC(=O)c2cn3c(n2)C(c2ccccc2)N(C(=O)C2CCOCC2)CC3)cn1. The standard InChI is InChI=1S/C24H28N6O3/c1-28-15-17(14-26-28)13-25-23(31)20-16-29-9-10-30(24(32)19-7-11-33-12-8-19)21(22(29)27-20)18-5-3-2-4-6-18/h2-6,14-16,19,21H,7-13H2,1H3,(H,25,31). The summed E-state index contributed by atoms with van der Waals surface area (Å²) in [6, 6.07) is 9.60. The van der Waals surface area contributed by atoms with Gasteiger partial charge in [0.15, 0.2) is 0 Å². The zero-order chi connectivity index (χ0) is 22.8. The fourth-order valence-corrected chi connectivity index (χ4v) is 4.64. The smallest absolute Gasteiger partial charge is 0.271 e. The van der Waals surface area contributed by atoms with Gasteiger partial charge in [0.25, 0.3) is 5.91 Å². The third-order valence-corrected chi connectivity index (χ3v) is 6.36. The van der Waals surface area contributed by atoms with Crippen molar-refractivity contribution in [1.29, 1.82) is 0 Å². The average Bonchev–Trinajstić information content (AvgIpc) is 3.48. The van der Waals surface area contributed by atoms with E-state index in [9.17, 15) is 9.59 Å². The lowest BCUT2D eigenvalue weighted by Crippen LogP contribution is -2.46. The Labute approximate surface area is 192 Å². The molecule has 9 heteroatoms. The second-order valence-electron chi connectivity index (χ2n) is 8.61. The van der Waals surface area contributed by atoms with Gasteiger partial charge in [-0.25, -0.2) is 4.98 Å². The summed E-state index contributed by atoms with van der Waals surface area (Å²) in [4.78, 5) is 33.0. The number of aryl methyl sites for hydroxylation is 1. The van der Waals surface area contributed by atoms with Crippen molar-refractivity contribution >= 4 is 11.8 Å². The molecule has 1 fully saturated rings. The van der Waals surface area contributed by atoms with Crippen LogP contribution in [0.2, 0.25) is 0 Å². The van der Waals surface area contributed by atoms with Crippen molar-refractivity contribution < 1.29 is 14.3 Å².